The van der Waals surface area contributed by atoms with E-state index in [1.54, 1.807) is 4.90 Å². The van der Waals surface area contributed by atoms with Gasteiger partial charge in [0.1, 0.15) is 12.7 Å². The SMILES string of the molecule is O=C(OCCOCCN1C(=O)OC2CC/C=C/CCC21)ON1C(=O)CCC1=O. The second-order valence-electron chi connectivity index (χ2n) is 6.69. The summed E-state index contributed by atoms with van der Waals surface area (Å²) in [7, 11) is 0. The zero-order valence-corrected chi connectivity index (χ0v) is 15.5. The molecule has 1 aliphatic carbocycles. The van der Waals surface area contributed by atoms with Crippen LogP contribution in [0, 0.1) is 0 Å². The van der Waals surface area contributed by atoms with E-state index in [2.05, 4.69) is 17.0 Å². The Morgan fingerprint density at radius 1 is 1.04 bits per heavy atom. The first-order valence-corrected chi connectivity index (χ1v) is 9.47. The van der Waals surface area contributed by atoms with Crippen molar-refractivity contribution in [2.45, 2.75) is 50.7 Å². The standard InChI is InChI=1S/C18H24N2O8/c21-15-7-8-16(22)20(15)28-18(24)26-12-11-25-10-9-19-13-5-3-1-2-4-6-14(13)27-17(19)23/h1-2,13-14H,3-12H2/b2-1+. The van der Waals surface area contributed by atoms with Gasteiger partial charge < -0.3 is 14.2 Å². The summed E-state index contributed by atoms with van der Waals surface area (Å²) in [4.78, 5) is 52.5. The second kappa shape index (κ2) is 9.54. The van der Waals surface area contributed by atoms with Gasteiger partial charge in [0, 0.05) is 19.4 Å². The molecule has 3 rings (SSSR count). The number of hydrogen-bond donors (Lipinski definition) is 0. The first-order valence-electron chi connectivity index (χ1n) is 9.47. The van der Waals surface area contributed by atoms with Crippen LogP contribution in [0.15, 0.2) is 12.2 Å². The number of imide groups is 1. The first kappa shape index (κ1) is 20.1. The number of allylic oxidation sites excluding steroid dienone is 2. The Bertz CT molecular complexity index is 633. The predicted molar refractivity (Wildman–Crippen MR) is 92.7 cm³/mol. The maximum atomic E-state index is 12.1. The third-order valence-corrected chi connectivity index (χ3v) is 4.83. The molecule has 154 valence electrons. The Morgan fingerprint density at radius 2 is 1.75 bits per heavy atom. The molecule has 10 heteroatoms. The molecule has 0 N–H and O–H groups in total. The molecule has 0 saturated carbocycles. The maximum absolute atomic E-state index is 12.1. The Hall–Kier alpha value is -2.62. The molecule has 3 amide bonds. The molecule has 2 saturated heterocycles. The number of hydroxylamine groups is 2. The monoisotopic (exact) mass is 396 g/mol. The minimum Gasteiger partial charge on any atom is -0.444 e. The van der Waals surface area contributed by atoms with Crippen LogP contribution in [0.1, 0.15) is 38.5 Å². The third kappa shape index (κ3) is 5.00. The topological polar surface area (TPSA) is 112 Å². The highest BCUT2D eigenvalue weighted by Crippen LogP contribution is 2.28. The largest absolute Gasteiger partial charge is 0.534 e. The van der Waals surface area contributed by atoms with Crippen molar-refractivity contribution < 1.29 is 38.2 Å². The zero-order valence-electron chi connectivity index (χ0n) is 15.5. The van der Waals surface area contributed by atoms with Gasteiger partial charge in [-0.15, -0.1) is 0 Å². The molecule has 0 spiro atoms. The van der Waals surface area contributed by atoms with Crippen molar-refractivity contribution >= 4 is 24.1 Å². The van der Waals surface area contributed by atoms with Crippen LogP contribution in [-0.4, -0.2) is 72.5 Å². The van der Waals surface area contributed by atoms with Gasteiger partial charge in [0.05, 0.1) is 19.3 Å². The smallest absolute Gasteiger partial charge is 0.444 e. The number of carbonyl (C=O) groups excluding carboxylic acids is 4. The van der Waals surface area contributed by atoms with E-state index in [1.807, 2.05) is 0 Å². The van der Waals surface area contributed by atoms with Gasteiger partial charge in [-0.05, 0) is 25.7 Å². The van der Waals surface area contributed by atoms with Gasteiger partial charge in [-0.1, -0.05) is 17.2 Å². The molecular formula is C18H24N2O8. The van der Waals surface area contributed by atoms with Crippen LogP contribution in [0.2, 0.25) is 0 Å². The van der Waals surface area contributed by atoms with Crippen LogP contribution in [0.25, 0.3) is 0 Å². The molecule has 28 heavy (non-hydrogen) atoms. The molecule has 0 aromatic heterocycles. The van der Waals surface area contributed by atoms with Crippen LogP contribution in [0.4, 0.5) is 9.59 Å². The highest BCUT2D eigenvalue weighted by molar-refractivity contribution is 6.01. The predicted octanol–water partition coefficient (Wildman–Crippen LogP) is 1.54. The molecule has 0 bridgehead atoms. The fraction of sp³-hybridized carbons (Fsp3) is 0.667. The van der Waals surface area contributed by atoms with Gasteiger partial charge in [-0.2, -0.15) is 0 Å². The van der Waals surface area contributed by atoms with Crippen molar-refractivity contribution in [1.29, 1.82) is 0 Å². The van der Waals surface area contributed by atoms with Crippen molar-refractivity contribution in [1.82, 2.24) is 9.96 Å². The number of amides is 3. The summed E-state index contributed by atoms with van der Waals surface area (Å²) < 4.78 is 15.6. The molecule has 10 nitrogen and oxygen atoms in total. The molecule has 3 aliphatic rings. The molecule has 0 aromatic carbocycles. The van der Waals surface area contributed by atoms with Gasteiger partial charge in [0.15, 0.2) is 0 Å². The van der Waals surface area contributed by atoms with E-state index in [4.69, 9.17) is 14.2 Å². The third-order valence-electron chi connectivity index (χ3n) is 4.83. The summed E-state index contributed by atoms with van der Waals surface area (Å²) in [6.07, 6.45) is 6.25. The van der Waals surface area contributed by atoms with E-state index in [1.165, 1.54) is 0 Å². The molecule has 2 heterocycles. The van der Waals surface area contributed by atoms with Crippen molar-refractivity contribution in [3.63, 3.8) is 0 Å². The quantitative estimate of drug-likeness (QED) is 0.276. The lowest BCUT2D eigenvalue weighted by Gasteiger charge is -2.25. The summed E-state index contributed by atoms with van der Waals surface area (Å²) in [6, 6.07) is 0.0582. The Kier molecular flexibility index (Phi) is 6.85. The summed E-state index contributed by atoms with van der Waals surface area (Å²) in [6.45, 7) is 0.660. The summed E-state index contributed by atoms with van der Waals surface area (Å²) in [5, 5.41) is 0.419. The molecule has 2 aliphatic heterocycles. The van der Waals surface area contributed by atoms with Crippen molar-refractivity contribution in [2.24, 2.45) is 0 Å². The van der Waals surface area contributed by atoms with Gasteiger partial charge in [-0.25, -0.2) is 9.59 Å². The fourth-order valence-electron chi connectivity index (χ4n) is 3.43. The molecular weight excluding hydrogens is 372 g/mol. The molecule has 0 aromatic rings. The van der Waals surface area contributed by atoms with E-state index >= 15 is 0 Å². The Labute approximate surface area is 162 Å². The van der Waals surface area contributed by atoms with Crippen LogP contribution >= 0.6 is 0 Å². The van der Waals surface area contributed by atoms with Crippen LogP contribution in [0.3, 0.4) is 0 Å². The maximum Gasteiger partial charge on any atom is 0.534 e. The highest BCUT2D eigenvalue weighted by Gasteiger charge is 2.40. The zero-order chi connectivity index (χ0) is 19.9. The van der Waals surface area contributed by atoms with Crippen LogP contribution in [-0.2, 0) is 28.6 Å². The number of carbonyl (C=O) groups is 4. The summed E-state index contributed by atoms with van der Waals surface area (Å²) in [5.74, 6) is -1.14. The Morgan fingerprint density at radius 3 is 2.50 bits per heavy atom. The van der Waals surface area contributed by atoms with Crippen molar-refractivity contribution in [3.8, 4) is 0 Å². The highest BCUT2D eigenvalue weighted by atomic mass is 16.8. The minimum absolute atomic E-state index is 0.0201. The van der Waals surface area contributed by atoms with E-state index in [-0.39, 0.29) is 50.9 Å². The number of hydrogen-bond acceptors (Lipinski definition) is 8. The van der Waals surface area contributed by atoms with Gasteiger partial charge >= 0.3 is 12.2 Å². The average Bonchev–Trinajstić information content (AvgIpc) is 3.11. The van der Waals surface area contributed by atoms with Gasteiger partial charge in [-0.3, -0.25) is 19.3 Å². The number of rotatable bonds is 7. The second-order valence-corrected chi connectivity index (χ2v) is 6.69. The number of fused-ring (bicyclic) bond motifs is 1. The fourth-order valence-corrected chi connectivity index (χ4v) is 3.43. The van der Waals surface area contributed by atoms with E-state index in [0.717, 1.165) is 25.7 Å². The molecule has 2 unspecified atom stereocenters. The van der Waals surface area contributed by atoms with E-state index < -0.39 is 18.0 Å². The van der Waals surface area contributed by atoms with Crippen LogP contribution < -0.4 is 0 Å². The minimum atomic E-state index is -1.14. The Balaban J connectivity index is 1.31. The number of ether oxygens (including phenoxy) is 3. The summed E-state index contributed by atoms with van der Waals surface area (Å²) in [5.41, 5.74) is 0. The molecule has 2 atom stereocenters. The van der Waals surface area contributed by atoms with Crippen LogP contribution in [0.5, 0.6) is 0 Å². The van der Waals surface area contributed by atoms with E-state index in [0.29, 0.717) is 11.6 Å². The normalized spacial score (nSPS) is 25.8. The summed E-state index contributed by atoms with van der Waals surface area (Å²) >= 11 is 0. The lowest BCUT2D eigenvalue weighted by Crippen LogP contribution is -2.39. The first-order chi connectivity index (χ1) is 13.6. The van der Waals surface area contributed by atoms with Gasteiger partial charge in [0.2, 0.25) is 0 Å². The lowest BCUT2D eigenvalue weighted by molar-refractivity contribution is -0.177. The number of nitrogens with zero attached hydrogens (tertiary/aromatic N) is 2. The lowest BCUT2D eigenvalue weighted by atomic mass is 9.98. The molecule has 2 fully saturated rings. The average molecular weight is 396 g/mol. The van der Waals surface area contributed by atoms with Crippen molar-refractivity contribution in [3.05, 3.63) is 12.2 Å². The van der Waals surface area contributed by atoms with E-state index in [9.17, 15) is 19.2 Å². The van der Waals surface area contributed by atoms with Crippen molar-refractivity contribution in [2.75, 3.05) is 26.4 Å². The van der Waals surface area contributed by atoms with Gasteiger partial charge in [0.25, 0.3) is 11.8 Å². The molecule has 0 radical (unpaired) electrons.